The third-order valence-electron chi connectivity index (χ3n) is 1.22. The smallest absolute Gasteiger partial charge is 0.345 e. The molecule has 1 N–H and O–H groups in total. The van der Waals surface area contributed by atoms with Crippen molar-refractivity contribution in [2.24, 2.45) is 0 Å². The van der Waals surface area contributed by atoms with Crippen LogP contribution in [0.1, 0.15) is 20.3 Å². The van der Waals surface area contributed by atoms with Gasteiger partial charge in [0, 0.05) is 13.3 Å². The zero-order valence-corrected chi connectivity index (χ0v) is 8.14. The highest BCUT2D eigenvalue weighted by Gasteiger charge is 2.19. The molecule has 0 bridgehead atoms. The summed E-state index contributed by atoms with van der Waals surface area (Å²) in [4.78, 5) is 21.5. The monoisotopic (exact) mass is 203 g/mol. The highest BCUT2D eigenvalue weighted by molar-refractivity contribution is 6.14. The summed E-state index contributed by atoms with van der Waals surface area (Å²) in [7, 11) is 0. The van der Waals surface area contributed by atoms with Gasteiger partial charge in [0.25, 0.3) is 0 Å². The molecule has 0 fully saturated rings. The summed E-state index contributed by atoms with van der Waals surface area (Å²) in [5.74, 6) is 4.21. The van der Waals surface area contributed by atoms with Gasteiger partial charge in [-0.25, -0.2) is 4.79 Å². The number of hydrogen-bond acceptors (Lipinski definition) is 3. The molecular weight excluding hydrogens is 194 g/mol. The Morgan fingerprint density at radius 1 is 1.62 bits per heavy atom. The van der Waals surface area contributed by atoms with Crippen LogP contribution in [-0.2, 0) is 13.9 Å². The normalized spacial score (nSPS) is 10.7. The highest BCUT2D eigenvalue weighted by Crippen LogP contribution is 1.96. The minimum atomic E-state index is -0.789. The van der Waals surface area contributed by atoms with Crippen LogP contribution in [0.5, 0.6) is 0 Å². The minimum absolute atomic E-state index is 0.196. The van der Waals surface area contributed by atoms with Crippen LogP contribution in [0.15, 0.2) is 0 Å². The standard InChI is InChI=1S/C8H10ClNO3/c1-3-4-5-7(8(12)13-9)10-6(2)11/h7H,5H2,1-2H3,(H,10,11)/t7-/m1/s1. The minimum Gasteiger partial charge on any atom is -0.345 e. The van der Waals surface area contributed by atoms with Crippen molar-refractivity contribution in [1.29, 1.82) is 0 Å². The molecule has 0 radical (unpaired) electrons. The van der Waals surface area contributed by atoms with E-state index in [2.05, 4.69) is 21.4 Å². The van der Waals surface area contributed by atoms with Gasteiger partial charge >= 0.3 is 5.97 Å². The van der Waals surface area contributed by atoms with Crippen LogP contribution in [0.2, 0.25) is 0 Å². The average molecular weight is 204 g/mol. The summed E-state index contributed by atoms with van der Waals surface area (Å²) in [6.45, 7) is 2.94. The van der Waals surface area contributed by atoms with Crippen molar-refractivity contribution >= 4 is 23.7 Å². The van der Waals surface area contributed by atoms with Crippen molar-refractivity contribution < 1.29 is 13.9 Å². The van der Waals surface area contributed by atoms with Gasteiger partial charge in [-0.2, -0.15) is 0 Å². The fraction of sp³-hybridized carbons (Fsp3) is 0.500. The molecule has 1 atom stereocenters. The van der Waals surface area contributed by atoms with E-state index in [1.54, 1.807) is 6.92 Å². The summed E-state index contributed by atoms with van der Waals surface area (Å²) < 4.78 is 3.96. The van der Waals surface area contributed by atoms with E-state index in [0.29, 0.717) is 0 Å². The third kappa shape index (κ3) is 5.10. The van der Waals surface area contributed by atoms with Crippen LogP contribution in [-0.4, -0.2) is 17.9 Å². The average Bonchev–Trinajstić information content (AvgIpc) is 2.10. The molecule has 13 heavy (non-hydrogen) atoms. The van der Waals surface area contributed by atoms with Crippen molar-refractivity contribution in [2.45, 2.75) is 26.3 Å². The Morgan fingerprint density at radius 2 is 2.23 bits per heavy atom. The van der Waals surface area contributed by atoms with Gasteiger partial charge in [0.2, 0.25) is 5.91 Å². The number of nitrogens with one attached hydrogen (secondary N) is 1. The number of rotatable bonds is 3. The van der Waals surface area contributed by atoms with Gasteiger partial charge in [-0.3, -0.25) is 4.79 Å². The maximum absolute atomic E-state index is 10.9. The van der Waals surface area contributed by atoms with Crippen LogP contribution in [0, 0.1) is 11.8 Å². The van der Waals surface area contributed by atoms with E-state index in [-0.39, 0.29) is 12.3 Å². The first kappa shape index (κ1) is 11.8. The first-order valence-corrected chi connectivity index (χ1v) is 3.91. The second kappa shape index (κ2) is 6.32. The number of carbonyl (C=O) groups excluding carboxylic acids is 2. The SMILES string of the molecule is CC#CC[C@@H](NC(C)=O)C(=O)OCl. The Morgan fingerprint density at radius 3 is 2.62 bits per heavy atom. The molecule has 0 saturated carbocycles. The number of amides is 1. The van der Waals surface area contributed by atoms with E-state index >= 15 is 0 Å². The molecule has 0 rings (SSSR count). The van der Waals surface area contributed by atoms with Crippen LogP contribution in [0.3, 0.4) is 0 Å². The van der Waals surface area contributed by atoms with Gasteiger partial charge in [-0.15, -0.1) is 11.8 Å². The second-order valence-corrected chi connectivity index (χ2v) is 2.43. The molecule has 5 heteroatoms. The summed E-state index contributed by atoms with van der Waals surface area (Å²) in [5.41, 5.74) is 0. The lowest BCUT2D eigenvalue weighted by molar-refractivity contribution is -0.138. The van der Waals surface area contributed by atoms with Crippen molar-refractivity contribution in [3.05, 3.63) is 0 Å². The fourth-order valence-corrected chi connectivity index (χ4v) is 0.804. The molecule has 0 aliphatic rings. The molecule has 4 nitrogen and oxygen atoms in total. The number of carbonyl (C=O) groups is 2. The fourth-order valence-electron chi connectivity index (χ4n) is 0.697. The first-order valence-electron chi connectivity index (χ1n) is 3.61. The van der Waals surface area contributed by atoms with Crippen molar-refractivity contribution in [3.63, 3.8) is 0 Å². The number of hydrogen-bond donors (Lipinski definition) is 1. The first-order chi connectivity index (χ1) is 6.11. The lowest BCUT2D eigenvalue weighted by Gasteiger charge is -2.10. The van der Waals surface area contributed by atoms with E-state index < -0.39 is 12.0 Å². The Balaban J connectivity index is 4.23. The van der Waals surface area contributed by atoms with Crippen molar-refractivity contribution in [2.75, 3.05) is 0 Å². The molecular formula is C8H10ClNO3. The van der Waals surface area contributed by atoms with Gasteiger partial charge in [0.1, 0.15) is 17.9 Å². The van der Waals surface area contributed by atoms with E-state index in [1.165, 1.54) is 6.92 Å². The molecule has 72 valence electrons. The molecule has 1 amide bonds. The topological polar surface area (TPSA) is 55.4 Å². The lowest BCUT2D eigenvalue weighted by Crippen LogP contribution is -2.39. The highest BCUT2D eigenvalue weighted by atomic mass is 35.5. The molecule has 0 heterocycles. The largest absolute Gasteiger partial charge is 0.347 e. The Labute approximate surface area is 81.8 Å². The summed E-state index contributed by atoms with van der Waals surface area (Å²) in [5, 5.41) is 2.36. The Kier molecular flexibility index (Phi) is 5.73. The molecule has 0 aromatic carbocycles. The summed E-state index contributed by atoms with van der Waals surface area (Å²) in [6.07, 6.45) is 0.196. The zero-order valence-electron chi connectivity index (χ0n) is 7.39. The predicted molar refractivity (Wildman–Crippen MR) is 47.6 cm³/mol. The van der Waals surface area contributed by atoms with E-state index in [9.17, 15) is 9.59 Å². The van der Waals surface area contributed by atoms with E-state index in [1.807, 2.05) is 0 Å². The molecule has 0 aromatic heterocycles. The predicted octanol–water partition coefficient (Wildman–Crippen LogP) is 0.601. The van der Waals surface area contributed by atoms with Crippen LogP contribution < -0.4 is 5.32 Å². The van der Waals surface area contributed by atoms with Gasteiger partial charge in [-0.1, -0.05) is 0 Å². The number of halogens is 1. The van der Waals surface area contributed by atoms with Gasteiger partial charge in [-0.05, 0) is 6.92 Å². The van der Waals surface area contributed by atoms with Crippen molar-refractivity contribution in [3.8, 4) is 11.8 Å². The van der Waals surface area contributed by atoms with Gasteiger partial charge < -0.3 is 9.61 Å². The van der Waals surface area contributed by atoms with Gasteiger partial charge in [0.05, 0.1) is 0 Å². The van der Waals surface area contributed by atoms with E-state index in [4.69, 9.17) is 11.9 Å². The second-order valence-electron chi connectivity index (χ2n) is 2.28. The molecule has 0 spiro atoms. The molecule has 0 unspecified atom stereocenters. The van der Waals surface area contributed by atoms with Crippen molar-refractivity contribution in [1.82, 2.24) is 5.32 Å². The van der Waals surface area contributed by atoms with Crippen LogP contribution >= 0.6 is 11.9 Å². The quantitative estimate of drug-likeness (QED) is 0.684. The lowest BCUT2D eigenvalue weighted by atomic mass is 10.2. The summed E-state index contributed by atoms with van der Waals surface area (Å²) in [6, 6.07) is -0.789. The molecule has 0 aromatic rings. The maximum Gasteiger partial charge on any atom is 0.347 e. The molecule has 0 saturated heterocycles. The van der Waals surface area contributed by atoms with Crippen LogP contribution in [0.25, 0.3) is 0 Å². The Hall–Kier alpha value is -1.21. The molecule has 0 aliphatic heterocycles. The Bertz CT molecular complexity index is 254. The maximum atomic E-state index is 10.9. The van der Waals surface area contributed by atoms with Gasteiger partial charge in [0.15, 0.2) is 0 Å². The molecule has 0 aliphatic carbocycles. The zero-order chi connectivity index (χ0) is 10.3. The summed E-state index contributed by atoms with van der Waals surface area (Å²) >= 11 is 4.86. The third-order valence-corrected chi connectivity index (χ3v) is 1.37. The van der Waals surface area contributed by atoms with E-state index in [0.717, 1.165) is 0 Å². The van der Waals surface area contributed by atoms with Crippen LogP contribution in [0.4, 0.5) is 0 Å².